The minimum atomic E-state index is -4.29. The molecule has 0 heterocycles. The van der Waals surface area contributed by atoms with Gasteiger partial charge in [-0.05, 0) is 12.8 Å². The van der Waals surface area contributed by atoms with E-state index in [0.29, 0.717) is 19.4 Å². The number of carbonyl (C=O) groups is 1. The molecular formula is C9H16F3NO2. The van der Waals surface area contributed by atoms with Crippen molar-refractivity contribution in [2.75, 3.05) is 13.7 Å². The highest BCUT2D eigenvalue weighted by molar-refractivity contribution is 5.83. The Hall–Kier alpha value is -0.620. The lowest BCUT2D eigenvalue weighted by Gasteiger charge is -2.11. The summed E-state index contributed by atoms with van der Waals surface area (Å²) in [5, 5.41) is 0. The molecule has 15 heavy (non-hydrogen) atoms. The fourth-order valence-corrected chi connectivity index (χ4v) is 1.06. The van der Waals surface area contributed by atoms with Gasteiger partial charge in [0.2, 0.25) is 0 Å². The minimum absolute atomic E-state index is 0.366. The van der Waals surface area contributed by atoms with E-state index in [1.54, 1.807) is 0 Å². The van der Waals surface area contributed by atoms with E-state index in [0.717, 1.165) is 0 Å². The van der Waals surface area contributed by atoms with Crippen LogP contribution in [0.25, 0.3) is 0 Å². The number of alkyl halides is 3. The SMILES string of the molecule is COCCCC(N)C(=O)CCC(F)(F)F. The molecule has 0 aromatic heterocycles. The van der Waals surface area contributed by atoms with E-state index in [1.807, 2.05) is 0 Å². The summed E-state index contributed by atoms with van der Waals surface area (Å²) in [7, 11) is 1.51. The van der Waals surface area contributed by atoms with Crippen LogP contribution >= 0.6 is 0 Å². The zero-order valence-corrected chi connectivity index (χ0v) is 8.64. The Kier molecular flexibility index (Phi) is 6.51. The molecule has 0 aliphatic heterocycles. The van der Waals surface area contributed by atoms with Crippen molar-refractivity contribution in [1.29, 1.82) is 0 Å². The first-order valence-corrected chi connectivity index (χ1v) is 4.71. The zero-order chi connectivity index (χ0) is 11.9. The molecular weight excluding hydrogens is 211 g/mol. The number of rotatable bonds is 7. The second-order valence-electron chi connectivity index (χ2n) is 3.32. The number of nitrogens with two attached hydrogens (primary N) is 1. The predicted octanol–water partition coefficient (Wildman–Crippen LogP) is 1.65. The number of hydrogen-bond acceptors (Lipinski definition) is 3. The molecule has 0 radical (unpaired) electrons. The lowest BCUT2D eigenvalue weighted by molar-refractivity contribution is -0.143. The average Bonchev–Trinajstić information content (AvgIpc) is 2.13. The van der Waals surface area contributed by atoms with Crippen molar-refractivity contribution in [3.63, 3.8) is 0 Å². The van der Waals surface area contributed by atoms with Crippen molar-refractivity contribution < 1.29 is 22.7 Å². The Morgan fingerprint density at radius 1 is 1.47 bits per heavy atom. The molecule has 0 aliphatic rings. The van der Waals surface area contributed by atoms with Crippen LogP contribution in [0.4, 0.5) is 13.2 Å². The van der Waals surface area contributed by atoms with Crippen molar-refractivity contribution in [2.24, 2.45) is 5.73 Å². The number of carbonyl (C=O) groups excluding carboxylic acids is 1. The van der Waals surface area contributed by atoms with Gasteiger partial charge in [-0.15, -0.1) is 0 Å². The van der Waals surface area contributed by atoms with E-state index >= 15 is 0 Å². The lowest BCUT2D eigenvalue weighted by atomic mass is 10.0. The molecule has 3 nitrogen and oxygen atoms in total. The topological polar surface area (TPSA) is 52.3 Å². The average molecular weight is 227 g/mol. The van der Waals surface area contributed by atoms with Gasteiger partial charge >= 0.3 is 6.18 Å². The van der Waals surface area contributed by atoms with E-state index in [4.69, 9.17) is 10.5 Å². The monoisotopic (exact) mass is 227 g/mol. The molecule has 0 bridgehead atoms. The van der Waals surface area contributed by atoms with Crippen molar-refractivity contribution in [2.45, 2.75) is 37.9 Å². The molecule has 0 aromatic rings. The van der Waals surface area contributed by atoms with Gasteiger partial charge in [0.1, 0.15) is 5.78 Å². The van der Waals surface area contributed by atoms with Gasteiger partial charge in [-0.2, -0.15) is 13.2 Å². The fraction of sp³-hybridized carbons (Fsp3) is 0.889. The third kappa shape index (κ3) is 8.38. The third-order valence-corrected chi connectivity index (χ3v) is 1.93. The van der Waals surface area contributed by atoms with Crippen LogP contribution in [-0.4, -0.2) is 31.7 Å². The molecule has 0 spiro atoms. The summed E-state index contributed by atoms with van der Waals surface area (Å²) >= 11 is 0. The van der Waals surface area contributed by atoms with Gasteiger partial charge in [0.05, 0.1) is 12.5 Å². The third-order valence-electron chi connectivity index (χ3n) is 1.93. The second kappa shape index (κ2) is 6.79. The largest absolute Gasteiger partial charge is 0.389 e. The smallest absolute Gasteiger partial charge is 0.385 e. The standard InChI is InChI=1S/C9H16F3NO2/c1-15-6-2-3-7(13)8(14)4-5-9(10,11)12/h7H,2-6,13H2,1H3. The summed E-state index contributed by atoms with van der Waals surface area (Å²) in [4.78, 5) is 11.1. The number of halogens is 3. The number of hydrogen-bond donors (Lipinski definition) is 1. The maximum atomic E-state index is 11.8. The minimum Gasteiger partial charge on any atom is -0.385 e. The Morgan fingerprint density at radius 3 is 2.53 bits per heavy atom. The molecule has 0 fully saturated rings. The van der Waals surface area contributed by atoms with Crippen molar-refractivity contribution in [3.05, 3.63) is 0 Å². The highest BCUT2D eigenvalue weighted by Gasteiger charge is 2.28. The summed E-state index contributed by atoms with van der Waals surface area (Å²) < 4.78 is 40.1. The highest BCUT2D eigenvalue weighted by Crippen LogP contribution is 2.21. The van der Waals surface area contributed by atoms with Gasteiger partial charge in [-0.25, -0.2) is 0 Å². The maximum Gasteiger partial charge on any atom is 0.389 e. The lowest BCUT2D eigenvalue weighted by Crippen LogP contribution is -2.31. The molecule has 0 aliphatic carbocycles. The molecule has 1 atom stereocenters. The first-order chi connectivity index (χ1) is 6.87. The van der Waals surface area contributed by atoms with Crippen LogP contribution in [0.2, 0.25) is 0 Å². The number of ether oxygens (including phenoxy) is 1. The zero-order valence-electron chi connectivity index (χ0n) is 8.64. The summed E-state index contributed by atoms with van der Waals surface area (Å²) in [6, 6.07) is -0.803. The van der Waals surface area contributed by atoms with Crippen LogP contribution in [0.5, 0.6) is 0 Å². The Balaban J connectivity index is 3.70. The normalized spacial score (nSPS) is 13.9. The Morgan fingerprint density at radius 2 is 2.07 bits per heavy atom. The van der Waals surface area contributed by atoms with Gasteiger partial charge in [0.25, 0.3) is 0 Å². The predicted molar refractivity (Wildman–Crippen MR) is 49.4 cm³/mol. The molecule has 0 saturated heterocycles. The summed E-state index contributed by atoms with van der Waals surface area (Å²) in [5.74, 6) is -0.538. The molecule has 90 valence electrons. The van der Waals surface area contributed by atoms with Crippen molar-refractivity contribution >= 4 is 5.78 Å². The first-order valence-electron chi connectivity index (χ1n) is 4.71. The van der Waals surface area contributed by atoms with Crippen LogP contribution < -0.4 is 5.73 Å². The van der Waals surface area contributed by atoms with Gasteiger partial charge in [0, 0.05) is 20.1 Å². The van der Waals surface area contributed by atoms with E-state index < -0.39 is 30.8 Å². The number of methoxy groups -OCH3 is 1. The van der Waals surface area contributed by atoms with Crippen molar-refractivity contribution in [3.8, 4) is 0 Å². The number of Topliss-reactive ketones (excluding diaryl/α,β-unsaturated/α-hetero) is 1. The Labute approximate surface area is 86.8 Å². The molecule has 1 unspecified atom stereocenters. The molecule has 0 rings (SSSR count). The molecule has 0 amide bonds. The van der Waals surface area contributed by atoms with E-state index in [-0.39, 0.29) is 0 Å². The van der Waals surface area contributed by atoms with Gasteiger partial charge in [0.15, 0.2) is 0 Å². The summed E-state index contributed by atoms with van der Waals surface area (Å²) in [5.41, 5.74) is 5.41. The first kappa shape index (κ1) is 14.4. The van der Waals surface area contributed by atoms with E-state index in [9.17, 15) is 18.0 Å². The molecule has 2 N–H and O–H groups in total. The van der Waals surface area contributed by atoms with Crippen LogP contribution in [0.1, 0.15) is 25.7 Å². The fourth-order valence-electron chi connectivity index (χ4n) is 1.06. The van der Waals surface area contributed by atoms with Gasteiger partial charge in [-0.3, -0.25) is 4.79 Å². The van der Waals surface area contributed by atoms with Crippen molar-refractivity contribution in [1.82, 2.24) is 0 Å². The Bertz CT molecular complexity index is 194. The van der Waals surface area contributed by atoms with Crippen LogP contribution in [0, 0.1) is 0 Å². The van der Waals surface area contributed by atoms with E-state index in [1.165, 1.54) is 7.11 Å². The summed E-state index contributed by atoms with van der Waals surface area (Å²) in [6.45, 7) is 0.459. The summed E-state index contributed by atoms with van der Waals surface area (Å²) in [6.07, 6.45) is -4.97. The van der Waals surface area contributed by atoms with E-state index in [2.05, 4.69) is 0 Å². The second-order valence-corrected chi connectivity index (χ2v) is 3.32. The van der Waals surface area contributed by atoms with Gasteiger partial charge < -0.3 is 10.5 Å². The van der Waals surface area contributed by atoms with Crippen LogP contribution in [0.15, 0.2) is 0 Å². The van der Waals surface area contributed by atoms with Gasteiger partial charge in [-0.1, -0.05) is 0 Å². The number of ketones is 1. The quantitative estimate of drug-likeness (QED) is 0.673. The molecule has 6 heteroatoms. The molecule has 0 saturated carbocycles. The maximum absolute atomic E-state index is 11.8. The molecule has 0 aromatic carbocycles. The highest BCUT2D eigenvalue weighted by atomic mass is 19.4. The van der Waals surface area contributed by atoms with Crippen LogP contribution in [0.3, 0.4) is 0 Å². The van der Waals surface area contributed by atoms with Crippen LogP contribution in [-0.2, 0) is 9.53 Å².